The molecule has 0 bridgehead atoms. The number of nitrogens with zero attached hydrogens (tertiary/aromatic N) is 1. The highest BCUT2D eigenvalue weighted by atomic mass is 16.5. The van der Waals surface area contributed by atoms with Gasteiger partial charge in [0.05, 0.1) is 25.6 Å². The maximum Gasteiger partial charge on any atom is 0.273 e. The SMILES string of the molecule is COc1ccc(CCNC(=O)c2n[nH]c(C)c2N)cc1OC. The third kappa shape index (κ3) is 3.30. The number of hydrogen-bond donors (Lipinski definition) is 3. The highest BCUT2D eigenvalue weighted by Crippen LogP contribution is 2.27. The number of amides is 1. The van der Waals surface area contributed by atoms with Gasteiger partial charge in [-0.05, 0) is 31.0 Å². The Morgan fingerprint density at radius 2 is 2.05 bits per heavy atom. The van der Waals surface area contributed by atoms with E-state index in [1.165, 1.54) is 0 Å². The van der Waals surface area contributed by atoms with Crippen LogP contribution in [0.4, 0.5) is 5.69 Å². The Morgan fingerprint density at radius 3 is 2.64 bits per heavy atom. The molecule has 7 heteroatoms. The second-order valence-electron chi connectivity index (χ2n) is 4.81. The lowest BCUT2D eigenvalue weighted by atomic mass is 10.1. The molecule has 7 nitrogen and oxygen atoms in total. The summed E-state index contributed by atoms with van der Waals surface area (Å²) in [6.07, 6.45) is 0.662. The first-order valence-electron chi connectivity index (χ1n) is 6.86. The minimum Gasteiger partial charge on any atom is -0.493 e. The quantitative estimate of drug-likeness (QED) is 0.746. The molecule has 0 fully saturated rings. The van der Waals surface area contributed by atoms with Gasteiger partial charge in [0.15, 0.2) is 17.2 Å². The molecule has 1 aromatic heterocycles. The maximum atomic E-state index is 12.0. The van der Waals surface area contributed by atoms with Crippen molar-refractivity contribution in [2.24, 2.45) is 0 Å². The number of nitrogens with two attached hydrogens (primary N) is 1. The molecule has 0 aliphatic heterocycles. The highest BCUT2D eigenvalue weighted by molar-refractivity contribution is 5.97. The molecule has 1 heterocycles. The molecule has 118 valence electrons. The monoisotopic (exact) mass is 304 g/mol. The molecule has 22 heavy (non-hydrogen) atoms. The molecule has 0 saturated carbocycles. The van der Waals surface area contributed by atoms with Crippen LogP contribution in [0.25, 0.3) is 0 Å². The normalized spacial score (nSPS) is 10.3. The van der Waals surface area contributed by atoms with Crippen LogP contribution in [0.2, 0.25) is 0 Å². The van der Waals surface area contributed by atoms with E-state index in [1.807, 2.05) is 18.2 Å². The number of nitrogens with one attached hydrogen (secondary N) is 2. The van der Waals surface area contributed by atoms with E-state index in [1.54, 1.807) is 21.1 Å². The van der Waals surface area contributed by atoms with Crippen molar-refractivity contribution >= 4 is 11.6 Å². The number of carbonyl (C=O) groups excluding carboxylic acids is 1. The van der Waals surface area contributed by atoms with E-state index in [-0.39, 0.29) is 11.6 Å². The highest BCUT2D eigenvalue weighted by Gasteiger charge is 2.14. The van der Waals surface area contributed by atoms with Gasteiger partial charge >= 0.3 is 0 Å². The Labute approximate surface area is 128 Å². The lowest BCUT2D eigenvalue weighted by Crippen LogP contribution is -2.26. The second kappa shape index (κ2) is 6.84. The third-order valence-corrected chi connectivity index (χ3v) is 3.36. The number of aryl methyl sites for hydroxylation is 1. The van der Waals surface area contributed by atoms with E-state index in [9.17, 15) is 4.79 Å². The summed E-state index contributed by atoms with van der Waals surface area (Å²) in [7, 11) is 3.18. The Hall–Kier alpha value is -2.70. The molecule has 4 N–H and O–H groups in total. The molecule has 0 atom stereocenters. The molecule has 0 aliphatic carbocycles. The number of aromatic amines is 1. The topological polar surface area (TPSA) is 102 Å². The molecule has 0 aliphatic rings. The number of carbonyl (C=O) groups is 1. The van der Waals surface area contributed by atoms with E-state index in [2.05, 4.69) is 15.5 Å². The predicted molar refractivity (Wildman–Crippen MR) is 83.3 cm³/mol. The van der Waals surface area contributed by atoms with Gasteiger partial charge in [0.2, 0.25) is 0 Å². The van der Waals surface area contributed by atoms with Gasteiger partial charge in [0.25, 0.3) is 5.91 Å². The fourth-order valence-corrected chi connectivity index (χ4v) is 2.05. The van der Waals surface area contributed by atoms with Crippen LogP contribution < -0.4 is 20.5 Å². The van der Waals surface area contributed by atoms with Crippen LogP contribution >= 0.6 is 0 Å². The van der Waals surface area contributed by atoms with Crippen LogP contribution in [-0.2, 0) is 6.42 Å². The molecule has 0 saturated heterocycles. The van der Waals surface area contributed by atoms with Gasteiger partial charge in [-0.1, -0.05) is 6.07 Å². The Morgan fingerprint density at radius 1 is 1.32 bits per heavy atom. The molecular formula is C15H20N4O3. The summed E-state index contributed by atoms with van der Waals surface area (Å²) in [5.74, 6) is 1.05. The summed E-state index contributed by atoms with van der Waals surface area (Å²) >= 11 is 0. The van der Waals surface area contributed by atoms with Crippen molar-refractivity contribution in [2.45, 2.75) is 13.3 Å². The van der Waals surface area contributed by atoms with Crippen molar-refractivity contribution in [3.63, 3.8) is 0 Å². The molecule has 0 radical (unpaired) electrons. The minimum atomic E-state index is -0.290. The molecule has 1 amide bonds. The van der Waals surface area contributed by atoms with Crippen LogP contribution in [0.1, 0.15) is 21.7 Å². The largest absolute Gasteiger partial charge is 0.493 e. The molecule has 0 spiro atoms. The summed E-state index contributed by atoms with van der Waals surface area (Å²) in [5.41, 5.74) is 8.09. The van der Waals surface area contributed by atoms with Crippen LogP contribution in [0, 0.1) is 6.92 Å². The molecule has 1 aromatic carbocycles. The van der Waals surface area contributed by atoms with Crippen molar-refractivity contribution < 1.29 is 14.3 Å². The van der Waals surface area contributed by atoms with E-state index in [0.29, 0.717) is 35.8 Å². The fraction of sp³-hybridized carbons (Fsp3) is 0.333. The number of rotatable bonds is 6. The van der Waals surface area contributed by atoms with Gasteiger partial charge in [-0.2, -0.15) is 5.10 Å². The Bertz CT molecular complexity index is 667. The number of benzene rings is 1. The summed E-state index contributed by atoms with van der Waals surface area (Å²) in [6.45, 7) is 2.24. The van der Waals surface area contributed by atoms with Crippen molar-refractivity contribution in [1.82, 2.24) is 15.5 Å². The van der Waals surface area contributed by atoms with Crippen molar-refractivity contribution in [1.29, 1.82) is 0 Å². The summed E-state index contributed by atoms with van der Waals surface area (Å²) in [6, 6.07) is 5.66. The van der Waals surface area contributed by atoms with E-state index in [4.69, 9.17) is 15.2 Å². The first-order valence-corrected chi connectivity index (χ1v) is 6.86. The lowest BCUT2D eigenvalue weighted by Gasteiger charge is -2.10. The molecular weight excluding hydrogens is 284 g/mol. The smallest absolute Gasteiger partial charge is 0.273 e. The van der Waals surface area contributed by atoms with Crippen LogP contribution in [0.5, 0.6) is 11.5 Å². The zero-order valence-corrected chi connectivity index (χ0v) is 12.9. The molecule has 2 aromatic rings. The van der Waals surface area contributed by atoms with Gasteiger partial charge in [-0.25, -0.2) is 0 Å². The van der Waals surface area contributed by atoms with E-state index < -0.39 is 0 Å². The number of nitrogen functional groups attached to an aromatic ring is 1. The number of hydrogen-bond acceptors (Lipinski definition) is 5. The van der Waals surface area contributed by atoms with Gasteiger partial charge in [-0.15, -0.1) is 0 Å². The van der Waals surface area contributed by atoms with Crippen molar-refractivity contribution in [2.75, 3.05) is 26.5 Å². The Kier molecular flexibility index (Phi) is 4.88. The van der Waals surface area contributed by atoms with E-state index in [0.717, 1.165) is 5.56 Å². The standard InChI is InChI=1S/C15H20N4O3/c1-9-13(16)14(19-18-9)15(20)17-7-6-10-4-5-11(21-2)12(8-10)22-3/h4-5,8H,6-7,16H2,1-3H3,(H,17,20)(H,18,19). The number of anilines is 1. The van der Waals surface area contributed by atoms with Crippen LogP contribution in [0.3, 0.4) is 0 Å². The average molecular weight is 304 g/mol. The van der Waals surface area contributed by atoms with E-state index >= 15 is 0 Å². The van der Waals surface area contributed by atoms with Gasteiger partial charge in [0.1, 0.15) is 0 Å². The maximum absolute atomic E-state index is 12.0. The summed E-state index contributed by atoms with van der Waals surface area (Å²) in [4.78, 5) is 12.0. The first-order chi connectivity index (χ1) is 10.6. The van der Waals surface area contributed by atoms with Crippen LogP contribution in [0.15, 0.2) is 18.2 Å². The minimum absolute atomic E-state index is 0.227. The van der Waals surface area contributed by atoms with Gasteiger partial charge in [-0.3, -0.25) is 9.89 Å². The van der Waals surface area contributed by atoms with Gasteiger partial charge < -0.3 is 20.5 Å². The van der Waals surface area contributed by atoms with Crippen molar-refractivity contribution in [3.05, 3.63) is 35.2 Å². The average Bonchev–Trinajstić information content (AvgIpc) is 2.86. The van der Waals surface area contributed by atoms with Crippen LogP contribution in [-0.4, -0.2) is 36.9 Å². The predicted octanol–water partition coefficient (Wildman–Crippen LogP) is 1.29. The zero-order chi connectivity index (χ0) is 16.1. The number of ether oxygens (including phenoxy) is 2. The lowest BCUT2D eigenvalue weighted by molar-refractivity contribution is 0.0950. The number of methoxy groups -OCH3 is 2. The zero-order valence-electron chi connectivity index (χ0n) is 12.9. The fourth-order valence-electron chi connectivity index (χ4n) is 2.05. The van der Waals surface area contributed by atoms with Gasteiger partial charge in [0, 0.05) is 6.54 Å². The number of aromatic nitrogens is 2. The molecule has 2 rings (SSSR count). The third-order valence-electron chi connectivity index (χ3n) is 3.36. The molecule has 0 unspecified atom stereocenters. The van der Waals surface area contributed by atoms with Crippen molar-refractivity contribution in [3.8, 4) is 11.5 Å². The Balaban J connectivity index is 1.94. The number of H-pyrrole nitrogens is 1. The second-order valence-corrected chi connectivity index (χ2v) is 4.81. The first kappa shape index (κ1) is 15.7. The summed E-state index contributed by atoms with van der Waals surface area (Å²) < 4.78 is 10.4. The summed E-state index contributed by atoms with van der Waals surface area (Å²) in [5, 5.41) is 9.37.